The second-order valence-corrected chi connectivity index (χ2v) is 3.02. The van der Waals surface area contributed by atoms with Crippen molar-refractivity contribution in [3.8, 4) is 12.1 Å². The normalized spacial score (nSPS) is 18.2. The van der Waals surface area contributed by atoms with E-state index >= 15 is 0 Å². The molecule has 0 radical (unpaired) electrons. The van der Waals surface area contributed by atoms with E-state index in [9.17, 15) is 4.57 Å². The van der Waals surface area contributed by atoms with Crippen LogP contribution in [-0.4, -0.2) is 11.6 Å². The fourth-order valence-electron chi connectivity index (χ4n) is 0. The largest absolute Gasteiger partial charge is 0.336 e. The molecule has 0 aromatic rings. The van der Waals surface area contributed by atoms with Crippen LogP contribution in [-0.2, 0) is 4.57 Å². The Bertz CT molecular complexity index is 115. The fraction of sp³-hybridized carbons (Fsp3) is 0.333. The summed E-state index contributed by atoms with van der Waals surface area (Å²) in [6.07, 6.45) is 4.54. The maximum Gasteiger partial charge on any atom is 0.267 e. The first-order valence-electron chi connectivity index (χ1n) is 1.34. The first kappa shape index (κ1) is 5.75. The Morgan fingerprint density at radius 3 is 2.17 bits per heavy atom. The molecule has 1 atom stereocenters. The Hall–Kier alpha value is -0.250. The lowest BCUT2D eigenvalue weighted by Crippen LogP contribution is -1.62. The molecule has 2 nitrogen and oxygen atoms in total. The Morgan fingerprint density at radius 2 is 2.17 bits per heavy atom. The van der Waals surface area contributed by atoms with Crippen LogP contribution in [0.1, 0.15) is 0 Å². The topological polar surface area (TPSA) is 37.3 Å². The lowest BCUT2D eigenvalue weighted by Gasteiger charge is -1.85. The third-order valence-electron chi connectivity index (χ3n) is 0.240. The molecule has 0 aromatic carbocycles. The summed E-state index contributed by atoms with van der Waals surface area (Å²) in [5.41, 5.74) is 1.72. The summed E-state index contributed by atoms with van der Waals surface area (Å²) < 4.78 is 9.90. The van der Waals surface area contributed by atoms with E-state index in [1.165, 1.54) is 0 Å². The van der Waals surface area contributed by atoms with Crippen molar-refractivity contribution in [1.82, 2.24) is 0 Å². The van der Waals surface area contributed by atoms with Crippen LogP contribution < -0.4 is 0 Å². The van der Waals surface area contributed by atoms with Gasteiger partial charge in [-0.05, 0) is 5.66 Å². The second-order valence-electron chi connectivity index (χ2n) is 1.01. The molecule has 0 heterocycles. The average molecular weight is 104 g/mol. The lowest BCUT2D eigenvalue weighted by atomic mass is 11.4. The maximum absolute atomic E-state index is 9.90. The molecule has 0 spiro atoms. The van der Waals surface area contributed by atoms with Crippen molar-refractivity contribution >= 4 is 7.37 Å². The van der Waals surface area contributed by atoms with E-state index in [0.29, 0.717) is 0 Å². The van der Waals surface area contributed by atoms with Gasteiger partial charge in [-0.3, -0.25) is 4.57 Å². The van der Waals surface area contributed by atoms with Gasteiger partial charge in [0.2, 0.25) is 0 Å². The number of hydrogen-bond donors (Lipinski definition) is 1. The van der Waals surface area contributed by atoms with Crippen LogP contribution in [0, 0.1) is 12.1 Å². The summed E-state index contributed by atoms with van der Waals surface area (Å²) in [6, 6.07) is 0. The minimum absolute atomic E-state index is 1.12. The smallest absolute Gasteiger partial charge is 0.267 e. The summed E-state index contributed by atoms with van der Waals surface area (Å²) in [5.74, 6) is 0. The van der Waals surface area contributed by atoms with Crippen molar-refractivity contribution in [2.24, 2.45) is 0 Å². The summed E-state index contributed by atoms with van der Waals surface area (Å²) in [5, 5.41) is 0. The van der Waals surface area contributed by atoms with E-state index in [1.807, 2.05) is 0 Å². The van der Waals surface area contributed by atoms with Gasteiger partial charge in [0.25, 0.3) is 7.37 Å². The highest BCUT2D eigenvalue weighted by atomic mass is 31.2. The Kier molecular flexibility index (Phi) is 1.40. The molecule has 1 unspecified atom stereocenters. The van der Waals surface area contributed by atoms with Gasteiger partial charge in [-0.2, -0.15) is 0 Å². The van der Waals surface area contributed by atoms with Crippen LogP contribution in [0.15, 0.2) is 0 Å². The molecule has 0 aliphatic heterocycles. The van der Waals surface area contributed by atoms with E-state index in [-0.39, 0.29) is 0 Å². The quantitative estimate of drug-likeness (QED) is 0.358. The Morgan fingerprint density at radius 1 is 2.00 bits per heavy atom. The minimum Gasteiger partial charge on any atom is -0.336 e. The molecule has 34 valence electrons. The van der Waals surface area contributed by atoms with Gasteiger partial charge in [-0.1, -0.05) is 0 Å². The summed E-state index contributed by atoms with van der Waals surface area (Å²) >= 11 is 0. The zero-order valence-corrected chi connectivity index (χ0v) is 4.27. The lowest BCUT2D eigenvalue weighted by molar-refractivity contribution is 0.497. The van der Waals surface area contributed by atoms with Gasteiger partial charge in [0, 0.05) is 6.66 Å². The highest BCUT2D eigenvalue weighted by molar-refractivity contribution is 7.62. The van der Waals surface area contributed by atoms with Crippen LogP contribution in [0.2, 0.25) is 0 Å². The molecule has 3 heteroatoms. The summed E-state index contributed by atoms with van der Waals surface area (Å²) in [6.45, 7) is 1.12. The monoisotopic (exact) mass is 104 g/mol. The number of terminal acetylenes is 1. The highest BCUT2D eigenvalue weighted by Crippen LogP contribution is 2.31. The zero-order chi connectivity index (χ0) is 5.21. The van der Waals surface area contributed by atoms with Gasteiger partial charge < -0.3 is 4.89 Å². The van der Waals surface area contributed by atoms with Crippen molar-refractivity contribution in [2.45, 2.75) is 0 Å². The van der Waals surface area contributed by atoms with Gasteiger partial charge in [-0.15, -0.1) is 6.42 Å². The van der Waals surface area contributed by atoms with Gasteiger partial charge in [-0.25, -0.2) is 0 Å². The van der Waals surface area contributed by atoms with Crippen LogP contribution in [0.5, 0.6) is 0 Å². The highest BCUT2D eigenvalue weighted by Gasteiger charge is 1.98. The summed E-state index contributed by atoms with van der Waals surface area (Å²) in [7, 11) is -3.12. The van der Waals surface area contributed by atoms with E-state index in [0.717, 1.165) is 6.66 Å². The molecule has 1 N–H and O–H groups in total. The Balaban J connectivity index is 3.94. The van der Waals surface area contributed by atoms with Crippen molar-refractivity contribution in [3.05, 3.63) is 0 Å². The van der Waals surface area contributed by atoms with Gasteiger partial charge in [0.05, 0.1) is 0 Å². The first-order valence-corrected chi connectivity index (χ1v) is 3.45. The van der Waals surface area contributed by atoms with E-state index in [1.54, 1.807) is 5.66 Å². The molecule has 0 aliphatic carbocycles. The van der Waals surface area contributed by atoms with Gasteiger partial charge in [0.15, 0.2) is 0 Å². The van der Waals surface area contributed by atoms with Crippen LogP contribution in [0.3, 0.4) is 0 Å². The van der Waals surface area contributed by atoms with Crippen molar-refractivity contribution in [2.75, 3.05) is 6.66 Å². The molecule has 0 rings (SSSR count). The zero-order valence-electron chi connectivity index (χ0n) is 3.38. The summed E-state index contributed by atoms with van der Waals surface area (Å²) in [4.78, 5) is 8.15. The molecule has 0 saturated carbocycles. The average Bonchev–Trinajstić information content (AvgIpc) is 1.35. The molecular formula is C3H5O2P. The molecule has 0 aliphatic rings. The molecule has 0 bridgehead atoms. The van der Waals surface area contributed by atoms with Crippen molar-refractivity contribution in [3.63, 3.8) is 0 Å². The van der Waals surface area contributed by atoms with Crippen molar-refractivity contribution in [1.29, 1.82) is 0 Å². The van der Waals surface area contributed by atoms with E-state index < -0.39 is 7.37 Å². The molecule has 6 heavy (non-hydrogen) atoms. The fourth-order valence-corrected chi connectivity index (χ4v) is 0. The number of hydrogen-bond acceptors (Lipinski definition) is 1. The Labute approximate surface area is 36.6 Å². The number of rotatable bonds is 0. The standard InChI is InChI=1S/C3H5O2P/c1-3-6(2,4)5/h1H,2H3,(H,4,5). The van der Waals surface area contributed by atoms with Crippen molar-refractivity contribution < 1.29 is 9.46 Å². The third-order valence-corrected chi connectivity index (χ3v) is 0.719. The predicted molar refractivity (Wildman–Crippen MR) is 24.6 cm³/mol. The third kappa shape index (κ3) is 3.75. The molecule has 0 amide bonds. The van der Waals surface area contributed by atoms with E-state index in [2.05, 4.69) is 6.42 Å². The predicted octanol–water partition coefficient (Wildman–Crippen LogP) is 0.477. The molecule has 0 fully saturated rings. The molecular weight excluding hydrogens is 99.0 g/mol. The van der Waals surface area contributed by atoms with Crippen LogP contribution >= 0.6 is 7.37 Å². The van der Waals surface area contributed by atoms with Crippen LogP contribution in [0.4, 0.5) is 0 Å². The maximum atomic E-state index is 9.90. The second kappa shape index (κ2) is 1.47. The molecule has 0 saturated heterocycles. The van der Waals surface area contributed by atoms with Gasteiger partial charge in [0.1, 0.15) is 0 Å². The van der Waals surface area contributed by atoms with E-state index in [4.69, 9.17) is 4.89 Å². The van der Waals surface area contributed by atoms with Crippen LogP contribution in [0.25, 0.3) is 0 Å². The first-order chi connectivity index (χ1) is 2.56. The van der Waals surface area contributed by atoms with Gasteiger partial charge >= 0.3 is 0 Å². The SMILES string of the molecule is C#CP(C)(=O)O. The molecule has 0 aromatic heterocycles. The minimum atomic E-state index is -3.12.